The zero-order valence-electron chi connectivity index (χ0n) is 37.4. The fraction of sp³-hybridized carbons (Fsp3) is 0.796. The number of carbonyl (C=O) groups is 2. The van der Waals surface area contributed by atoms with E-state index in [1.54, 1.807) is 0 Å². The number of rotatable bonds is 44. The van der Waals surface area contributed by atoms with Crippen LogP contribution in [0, 0.1) is 0 Å². The third kappa shape index (κ3) is 46.7. The Balaban J connectivity index is 3.94. The van der Waals surface area contributed by atoms with Crippen LogP contribution in [0.15, 0.2) is 48.6 Å². The van der Waals surface area contributed by atoms with E-state index >= 15 is 0 Å². The molecule has 0 aliphatic carbocycles. The molecule has 0 aromatic heterocycles. The number of carbonyl (C=O) groups excluding carboxylic acids is 2. The summed E-state index contributed by atoms with van der Waals surface area (Å²) >= 11 is 0. The van der Waals surface area contributed by atoms with Gasteiger partial charge in [-0.05, 0) is 51.4 Å². The highest BCUT2D eigenvalue weighted by Gasteiger charge is 2.22. The van der Waals surface area contributed by atoms with Gasteiger partial charge in [0.05, 0.1) is 6.61 Å². The van der Waals surface area contributed by atoms with Gasteiger partial charge in [0.1, 0.15) is 6.61 Å². The molecule has 338 valence electrons. The van der Waals surface area contributed by atoms with Crippen LogP contribution in [0.5, 0.6) is 0 Å². The lowest BCUT2D eigenvalue weighted by atomic mass is 10.0. The highest BCUT2D eigenvalue weighted by atomic mass is 31.2. The Labute approximate surface area is 356 Å². The zero-order valence-corrected chi connectivity index (χ0v) is 38.3. The minimum atomic E-state index is -4.77. The molecule has 0 amide bonds. The van der Waals surface area contributed by atoms with Gasteiger partial charge in [-0.3, -0.25) is 14.1 Å². The third-order valence-corrected chi connectivity index (χ3v) is 10.8. The van der Waals surface area contributed by atoms with E-state index in [9.17, 15) is 14.2 Å². The van der Waals surface area contributed by atoms with Crippen molar-refractivity contribution in [3.63, 3.8) is 0 Å². The van der Waals surface area contributed by atoms with Gasteiger partial charge in [0, 0.05) is 12.8 Å². The fourth-order valence-corrected chi connectivity index (χ4v) is 7.14. The first-order valence-corrected chi connectivity index (χ1v) is 25.5. The second kappa shape index (κ2) is 44.6. The van der Waals surface area contributed by atoms with Crippen molar-refractivity contribution in [2.24, 2.45) is 0 Å². The molecular weight excluding hydrogens is 748 g/mol. The minimum absolute atomic E-state index is 0.192. The Morgan fingerprint density at radius 1 is 0.448 bits per heavy atom. The smallest absolute Gasteiger partial charge is 0.462 e. The summed E-state index contributed by atoms with van der Waals surface area (Å²) in [6.07, 6.45) is 55.6. The Morgan fingerprint density at radius 3 is 1.21 bits per heavy atom. The summed E-state index contributed by atoms with van der Waals surface area (Å²) < 4.78 is 26.4. The van der Waals surface area contributed by atoms with Crippen molar-refractivity contribution in [3.8, 4) is 0 Å². The molecule has 0 fully saturated rings. The van der Waals surface area contributed by atoms with Crippen molar-refractivity contribution in [1.82, 2.24) is 0 Å². The van der Waals surface area contributed by atoms with E-state index in [1.165, 1.54) is 148 Å². The van der Waals surface area contributed by atoms with E-state index in [4.69, 9.17) is 19.3 Å². The van der Waals surface area contributed by atoms with Gasteiger partial charge >= 0.3 is 19.8 Å². The average molecular weight is 837 g/mol. The number of unbranched alkanes of at least 4 members (excludes halogenated alkanes) is 26. The number of phosphoric ester groups is 1. The summed E-state index contributed by atoms with van der Waals surface area (Å²) in [6, 6.07) is 0. The molecule has 1 atom stereocenters. The van der Waals surface area contributed by atoms with Gasteiger partial charge in [-0.25, -0.2) is 4.57 Å². The average Bonchev–Trinajstić information content (AvgIpc) is 3.20. The number of esters is 2. The molecule has 0 bridgehead atoms. The van der Waals surface area contributed by atoms with E-state index in [-0.39, 0.29) is 19.4 Å². The van der Waals surface area contributed by atoms with Gasteiger partial charge < -0.3 is 19.3 Å². The molecule has 8 nitrogen and oxygen atoms in total. The molecule has 0 unspecified atom stereocenters. The Hall–Kier alpha value is -1.99. The third-order valence-electron chi connectivity index (χ3n) is 10.4. The summed E-state index contributed by atoms with van der Waals surface area (Å²) in [7, 11) is -4.77. The van der Waals surface area contributed by atoms with Gasteiger partial charge in [0.2, 0.25) is 0 Å². The quantitative estimate of drug-likeness (QED) is 0.0269. The van der Waals surface area contributed by atoms with Crippen LogP contribution < -0.4 is 0 Å². The molecule has 0 aliphatic heterocycles. The van der Waals surface area contributed by atoms with Gasteiger partial charge in [-0.1, -0.05) is 217 Å². The molecule has 0 aromatic carbocycles. The number of hydrogen-bond acceptors (Lipinski definition) is 6. The molecule has 0 aromatic rings. The first kappa shape index (κ1) is 56.0. The van der Waals surface area contributed by atoms with E-state index in [0.29, 0.717) is 12.8 Å². The summed E-state index contributed by atoms with van der Waals surface area (Å²) in [5, 5.41) is 0. The molecule has 0 aliphatic rings. The Bertz CT molecular complexity index is 1080. The maximum Gasteiger partial charge on any atom is 0.469 e. The standard InChI is InChI=1S/C49H89O8P/c1-3-5-7-9-11-13-15-17-19-21-23-24-26-27-29-31-33-35-37-39-41-43-48(50)55-45-47(46-56-58(52,53)54)57-49(51)44-42-40-38-36-34-32-30-28-25-22-20-18-16-14-12-10-8-6-4-2/h19,21,24,26,29,31,35,37,47H,3-18,20,22-23,25,27-28,30,32-34,36,38-46H2,1-2H3,(H2,52,53,54)/b21-19+,26-24+,31-29+,37-35+/t47-/m1/s1. The maximum atomic E-state index is 12.4. The van der Waals surface area contributed by atoms with Crippen LogP contribution in [-0.2, 0) is 28.2 Å². The van der Waals surface area contributed by atoms with Crippen molar-refractivity contribution in [2.45, 2.75) is 238 Å². The van der Waals surface area contributed by atoms with Crippen LogP contribution in [0.4, 0.5) is 0 Å². The first-order chi connectivity index (χ1) is 28.3. The Kier molecular flexibility index (Phi) is 43.0. The van der Waals surface area contributed by atoms with Crippen molar-refractivity contribution >= 4 is 19.8 Å². The summed E-state index contributed by atoms with van der Waals surface area (Å²) in [6.45, 7) is 3.67. The monoisotopic (exact) mass is 837 g/mol. The van der Waals surface area contributed by atoms with E-state index in [2.05, 4.69) is 60.9 Å². The van der Waals surface area contributed by atoms with Crippen molar-refractivity contribution in [1.29, 1.82) is 0 Å². The summed E-state index contributed by atoms with van der Waals surface area (Å²) in [4.78, 5) is 43.0. The number of ether oxygens (including phenoxy) is 2. The molecule has 0 saturated heterocycles. The second-order valence-corrected chi connectivity index (χ2v) is 17.3. The van der Waals surface area contributed by atoms with Gasteiger partial charge in [-0.2, -0.15) is 0 Å². The van der Waals surface area contributed by atoms with Crippen molar-refractivity contribution in [2.75, 3.05) is 13.2 Å². The maximum absolute atomic E-state index is 12.4. The van der Waals surface area contributed by atoms with Crippen molar-refractivity contribution in [3.05, 3.63) is 48.6 Å². The number of phosphoric acid groups is 1. The lowest BCUT2D eigenvalue weighted by molar-refractivity contribution is -0.161. The molecule has 2 N–H and O–H groups in total. The van der Waals surface area contributed by atoms with E-state index in [1.807, 2.05) is 6.08 Å². The lowest BCUT2D eigenvalue weighted by Crippen LogP contribution is -2.29. The van der Waals surface area contributed by atoms with E-state index in [0.717, 1.165) is 44.9 Å². The van der Waals surface area contributed by atoms with Crippen LogP contribution in [0.1, 0.15) is 232 Å². The SMILES string of the molecule is CCCCCCCCC/C=C/C/C=C/C/C=C/C/C=C/CCCC(=O)OC[C@H](COP(=O)(O)O)OC(=O)CCCCCCCCCCCCCCCCCCCCC. The predicted octanol–water partition coefficient (Wildman–Crippen LogP) is 15.1. The van der Waals surface area contributed by atoms with Crippen molar-refractivity contribution < 1.29 is 37.9 Å². The second-order valence-electron chi connectivity index (χ2n) is 16.1. The molecule has 0 saturated carbocycles. The molecule has 0 spiro atoms. The molecule has 58 heavy (non-hydrogen) atoms. The van der Waals surface area contributed by atoms with Crippen LogP contribution in [0.25, 0.3) is 0 Å². The predicted molar refractivity (Wildman–Crippen MR) is 244 cm³/mol. The number of hydrogen-bond donors (Lipinski definition) is 2. The summed E-state index contributed by atoms with van der Waals surface area (Å²) in [5.41, 5.74) is 0. The first-order valence-electron chi connectivity index (χ1n) is 23.9. The molecule has 0 rings (SSSR count). The number of allylic oxidation sites excluding steroid dienone is 8. The summed E-state index contributed by atoms with van der Waals surface area (Å²) in [5.74, 6) is -0.942. The largest absolute Gasteiger partial charge is 0.469 e. The van der Waals surface area contributed by atoms with Crippen LogP contribution >= 0.6 is 7.82 Å². The van der Waals surface area contributed by atoms with Gasteiger partial charge in [0.25, 0.3) is 0 Å². The minimum Gasteiger partial charge on any atom is -0.462 e. The van der Waals surface area contributed by atoms with Gasteiger partial charge in [0.15, 0.2) is 6.10 Å². The highest BCUT2D eigenvalue weighted by Crippen LogP contribution is 2.36. The van der Waals surface area contributed by atoms with Gasteiger partial charge in [-0.15, -0.1) is 0 Å². The lowest BCUT2D eigenvalue weighted by Gasteiger charge is -2.18. The fourth-order valence-electron chi connectivity index (χ4n) is 6.78. The van der Waals surface area contributed by atoms with Crippen LogP contribution in [-0.4, -0.2) is 41.0 Å². The topological polar surface area (TPSA) is 119 Å². The molecule has 0 heterocycles. The van der Waals surface area contributed by atoms with Crippen LogP contribution in [0.2, 0.25) is 0 Å². The van der Waals surface area contributed by atoms with Crippen LogP contribution in [0.3, 0.4) is 0 Å². The molecular formula is C49H89O8P. The normalized spacial score (nSPS) is 12.8. The molecule has 9 heteroatoms. The zero-order chi connectivity index (χ0) is 42.5. The highest BCUT2D eigenvalue weighted by molar-refractivity contribution is 7.46. The Morgan fingerprint density at radius 2 is 0.793 bits per heavy atom. The van der Waals surface area contributed by atoms with E-state index < -0.39 is 32.5 Å². The molecule has 0 radical (unpaired) electrons.